The van der Waals surface area contributed by atoms with Gasteiger partial charge in [0.2, 0.25) is 11.8 Å². The van der Waals surface area contributed by atoms with E-state index in [1.165, 1.54) is 24.3 Å². The van der Waals surface area contributed by atoms with Crippen molar-refractivity contribution >= 4 is 23.5 Å². The van der Waals surface area contributed by atoms with Crippen molar-refractivity contribution in [1.29, 1.82) is 0 Å². The number of carbonyl (C=O) groups excluding carboxylic acids is 2. The van der Waals surface area contributed by atoms with Crippen molar-refractivity contribution in [2.75, 3.05) is 11.5 Å². The molecule has 0 aliphatic carbocycles. The fourth-order valence-electron chi connectivity index (χ4n) is 3.72. The number of hydrogen-bond acceptors (Lipinski definition) is 5. The second-order valence-electron chi connectivity index (χ2n) is 5.93. The molecule has 3 aliphatic heterocycles. The van der Waals surface area contributed by atoms with Crippen LogP contribution in [0.5, 0.6) is 0 Å². The van der Waals surface area contributed by atoms with E-state index in [0.717, 1.165) is 4.90 Å². The summed E-state index contributed by atoms with van der Waals surface area (Å²) in [6.07, 6.45) is 2.80. The molecule has 2 saturated heterocycles. The molecule has 2 N–H and O–H groups in total. The number of aromatic carboxylic acids is 1. The van der Waals surface area contributed by atoms with Gasteiger partial charge in [-0.05, 0) is 18.2 Å². The molecule has 0 unspecified atom stereocenters. The van der Waals surface area contributed by atoms with E-state index in [1.807, 2.05) is 0 Å². The van der Waals surface area contributed by atoms with E-state index in [1.54, 1.807) is 12.2 Å². The number of ether oxygens (including phenoxy) is 1. The van der Waals surface area contributed by atoms with Gasteiger partial charge in [0.1, 0.15) is 5.60 Å². The summed E-state index contributed by atoms with van der Waals surface area (Å²) in [5.74, 6) is -3.48. The van der Waals surface area contributed by atoms with Crippen molar-refractivity contribution in [1.82, 2.24) is 0 Å². The number of nitrogens with zero attached hydrogens (tertiary/aromatic N) is 1. The Morgan fingerprint density at radius 1 is 1.30 bits per heavy atom. The molecule has 23 heavy (non-hydrogen) atoms. The first-order valence-corrected chi connectivity index (χ1v) is 7.18. The first kappa shape index (κ1) is 14.1. The van der Waals surface area contributed by atoms with Crippen LogP contribution in [0.2, 0.25) is 0 Å². The Morgan fingerprint density at radius 3 is 2.78 bits per heavy atom. The summed E-state index contributed by atoms with van der Waals surface area (Å²) in [7, 11) is 0. The molecule has 3 heterocycles. The molecule has 1 aromatic carbocycles. The number of carboxylic acid groups (broad SMARTS) is 1. The smallest absolute Gasteiger partial charge is 0.335 e. The highest BCUT2D eigenvalue weighted by Gasteiger charge is 2.67. The van der Waals surface area contributed by atoms with Gasteiger partial charge in [-0.1, -0.05) is 18.2 Å². The fourth-order valence-corrected chi connectivity index (χ4v) is 3.72. The maximum atomic E-state index is 12.8. The lowest BCUT2D eigenvalue weighted by Crippen LogP contribution is -2.43. The predicted octanol–water partition coefficient (Wildman–Crippen LogP) is 0.190. The number of fused-ring (bicyclic) bond motifs is 5. The van der Waals surface area contributed by atoms with Gasteiger partial charge in [-0.15, -0.1) is 0 Å². The van der Waals surface area contributed by atoms with Crippen LogP contribution >= 0.6 is 0 Å². The Morgan fingerprint density at radius 2 is 2.09 bits per heavy atom. The second-order valence-corrected chi connectivity index (χ2v) is 5.93. The summed E-state index contributed by atoms with van der Waals surface area (Å²) in [4.78, 5) is 37.6. The largest absolute Gasteiger partial charge is 0.478 e. The molecule has 0 saturated carbocycles. The van der Waals surface area contributed by atoms with E-state index in [9.17, 15) is 19.5 Å². The zero-order valence-corrected chi connectivity index (χ0v) is 11.9. The molecule has 4 atom stereocenters. The van der Waals surface area contributed by atoms with E-state index < -0.39 is 41.3 Å². The molecule has 0 radical (unpaired) electrons. The quantitative estimate of drug-likeness (QED) is 0.609. The number of imide groups is 1. The van der Waals surface area contributed by atoms with Gasteiger partial charge in [0, 0.05) is 0 Å². The molecule has 7 heteroatoms. The molecule has 2 amide bonds. The maximum absolute atomic E-state index is 12.8. The summed E-state index contributed by atoms with van der Waals surface area (Å²) in [5.41, 5.74) is -0.933. The third-order valence-corrected chi connectivity index (χ3v) is 4.75. The first-order valence-electron chi connectivity index (χ1n) is 7.18. The van der Waals surface area contributed by atoms with Crippen LogP contribution in [0.3, 0.4) is 0 Å². The highest BCUT2D eigenvalue weighted by atomic mass is 16.5. The fraction of sp³-hybridized carbons (Fsp3) is 0.312. The van der Waals surface area contributed by atoms with Crippen LogP contribution in [0.4, 0.5) is 5.69 Å². The van der Waals surface area contributed by atoms with Gasteiger partial charge in [0.05, 0.1) is 35.8 Å². The highest BCUT2D eigenvalue weighted by Crippen LogP contribution is 2.52. The maximum Gasteiger partial charge on any atom is 0.335 e. The number of benzene rings is 1. The van der Waals surface area contributed by atoms with Crippen LogP contribution in [-0.2, 0) is 14.3 Å². The number of aliphatic hydroxyl groups is 1. The van der Waals surface area contributed by atoms with E-state index in [4.69, 9.17) is 9.84 Å². The van der Waals surface area contributed by atoms with Gasteiger partial charge < -0.3 is 14.9 Å². The summed E-state index contributed by atoms with van der Waals surface area (Å²) in [6.45, 7) is -0.386. The summed E-state index contributed by atoms with van der Waals surface area (Å²) >= 11 is 0. The van der Waals surface area contributed by atoms with Crippen molar-refractivity contribution in [2.45, 2.75) is 11.7 Å². The number of carboxylic acids is 1. The van der Waals surface area contributed by atoms with Gasteiger partial charge in [-0.2, -0.15) is 0 Å². The van der Waals surface area contributed by atoms with E-state index >= 15 is 0 Å². The molecule has 1 aromatic rings. The monoisotopic (exact) mass is 315 g/mol. The van der Waals surface area contributed by atoms with Gasteiger partial charge in [0.25, 0.3) is 0 Å². The zero-order chi connectivity index (χ0) is 16.4. The SMILES string of the molecule is O=C(O)c1cccc(N2C(=O)[C@H]3[C@@H](C2=O)[C@@]2(CO)C=C[C@H]3O2)c1. The average Bonchev–Trinajstić information content (AvgIpc) is 3.18. The molecule has 7 nitrogen and oxygen atoms in total. The number of carbonyl (C=O) groups is 3. The van der Waals surface area contributed by atoms with Crippen LogP contribution in [0.15, 0.2) is 36.4 Å². The van der Waals surface area contributed by atoms with E-state index in [0.29, 0.717) is 0 Å². The third-order valence-electron chi connectivity index (χ3n) is 4.75. The van der Waals surface area contributed by atoms with Crippen LogP contribution in [0, 0.1) is 11.8 Å². The predicted molar refractivity (Wildman–Crippen MR) is 76.7 cm³/mol. The van der Waals surface area contributed by atoms with Gasteiger partial charge in [-0.25, -0.2) is 9.69 Å². The van der Waals surface area contributed by atoms with Crippen molar-refractivity contribution < 1.29 is 29.3 Å². The van der Waals surface area contributed by atoms with Gasteiger partial charge in [-0.3, -0.25) is 9.59 Å². The summed E-state index contributed by atoms with van der Waals surface area (Å²) in [6, 6.07) is 5.69. The van der Waals surface area contributed by atoms with Crippen LogP contribution in [-0.4, -0.2) is 46.3 Å². The number of hydrogen-bond donors (Lipinski definition) is 2. The lowest BCUT2D eigenvalue weighted by Gasteiger charge is -2.26. The zero-order valence-electron chi connectivity index (χ0n) is 11.9. The Hall–Kier alpha value is -2.51. The minimum absolute atomic E-state index is 0.00521. The molecule has 2 bridgehead atoms. The minimum Gasteiger partial charge on any atom is -0.478 e. The Balaban J connectivity index is 1.76. The molecular formula is C16H13NO6. The van der Waals surface area contributed by atoms with Crippen LogP contribution in [0.25, 0.3) is 0 Å². The third kappa shape index (κ3) is 1.68. The molecule has 0 aromatic heterocycles. The normalized spacial score (nSPS) is 34.3. The molecular weight excluding hydrogens is 302 g/mol. The Labute approximate surface area is 130 Å². The van der Waals surface area contributed by atoms with Crippen molar-refractivity contribution in [2.24, 2.45) is 11.8 Å². The Kier molecular flexibility index (Phi) is 2.76. The van der Waals surface area contributed by atoms with Crippen LogP contribution in [0.1, 0.15) is 10.4 Å². The Bertz CT molecular complexity index is 772. The first-order chi connectivity index (χ1) is 11.0. The molecule has 0 spiro atoms. The number of rotatable bonds is 3. The topological polar surface area (TPSA) is 104 Å². The van der Waals surface area contributed by atoms with Crippen molar-refractivity contribution in [3.05, 3.63) is 42.0 Å². The van der Waals surface area contributed by atoms with Gasteiger partial charge >= 0.3 is 5.97 Å². The average molecular weight is 315 g/mol. The van der Waals surface area contributed by atoms with E-state index in [-0.39, 0.29) is 17.9 Å². The van der Waals surface area contributed by atoms with Crippen LogP contribution < -0.4 is 4.90 Å². The number of anilines is 1. The summed E-state index contributed by atoms with van der Waals surface area (Å²) < 4.78 is 5.64. The minimum atomic E-state index is -1.15. The number of aliphatic hydroxyl groups excluding tert-OH is 1. The second kappa shape index (κ2) is 4.50. The number of amides is 2. The van der Waals surface area contributed by atoms with Crippen molar-refractivity contribution in [3.63, 3.8) is 0 Å². The van der Waals surface area contributed by atoms with Gasteiger partial charge in [0.15, 0.2) is 0 Å². The summed E-state index contributed by atoms with van der Waals surface area (Å²) in [5, 5.41) is 18.7. The lowest BCUT2D eigenvalue weighted by molar-refractivity contribution is -0.128. The molecule has 2 fully saturated rings. The lowest BCUT2D eigenvalue weighted by atomic mass is 9.77. The van der Waals surface area contributed by atoms with Crippen molar-refractivity contribution in [3.8, 4) is 0 Å². The highest BCUT2D eigenvalue weighted by molar-refractivity contribution is 6.23. The standard InChI is InChI=1S/C16H13NO6/c18-7-16-5-4-10(23-16)11-12(16)14(20)17(13(11)19)9-3-1-2-8(6-9)15(21)22/h1-6,10-12,18H,7H2,(H,21,22)/t10-,11-,12+,16+/m1/s1. The molecule has 4 rings (SSSR count). The molecule has 3 aliphatic rings. The molecule has 118 valence electrons. The van der Waals surface area contributed by atoms with E-state index in [2.05, 4.69) is 0 Å².